The van der Waals surface area contributed by atoms with Crippen molar-refractivity contribution in [1.29, 1.82) is 0 Å². The zero-order valence-corrected chi connectivity index (χ0v) is 27.3. The van der Waals surface area contributed by atoms with E-state index < -0.39 is 0 Å². The zero-order chi connectivity index (χ0) is 32.8. The molecule has 0 bridgehead atoms. The number of aromatic nitrogens is 3. The lowest BCUT2D eigenvalue weighted by Gasteiger charge is -2.29. The second kappa shape index (κ2) is 12.8. The molecular formula is C40H36ClFN4O2. The minimum atomic E-state index is -0.381. The molecule has 0 atom stereocenters. The maximum absolute atomic E-state index is 16.3. The van der Waals surface area contributed by atoms with Crippen LogP contribution in [0.2, 0.25) is 5.02 Å². The molecule has 1 amide bonds. The van der Waals surface area contributed by atoms with Crippen LogP contribution in [0.3, 0.4) is 0 Å². The van der Waals surface area contributed by atoms with E-state index in [9.17, 15) is 9.90 Å². The van der Waals surface area contributed by atoms with Gasteiger partial charge in [0, 0.05) is 46.7 Å². The number of hydrogen-bond donors (Lipinski definition) is 1. The minimum absolute atomic E-state index is 0.0611. The van der Waals surface area contributed by atoms with E-state index in [4.69, 9.17) is 21.6 Å². The van der Waals surface area contributed by atoms with Gasteiger partial charge in [0.05, 0.1) is 33.9 Å². The number of pyridine rings is 1. The lowest BCUT2D eigenvalue weighted by molar-refractivity contribution is 0.0546. The molecule has 242 valence electrons. The summed E-state index contributed by atoms with van der Waals surface area (Å²) in [5.74, 6) is 0.141. The molecule has 1 saturated carbocycles. The number of piperidine rings is 1. The van der Waals surface area contributed by atoms with Gasteiger partial charge in [-0.3, -0.25) is 4.79 Å². The number of aliphatic hydroxyl groups is 1. The molecule has 1 N–H and O–H groups in total. The summed E-state index contributed by atoms with van der Waals surface area (Å²) < 4.78 is 18.5. The number of carbonyl (C=O) groups excluding carboxylic acids is 1. The van der Waals surface area contributed by atoms with Gasteiger partial charge < -0.3 is 14.6 Å². The first kappa shape index (κ1) is 30.7. The number of nitrogens with zero attached hydrogens (tertiary/aromatic N) is 4. The topological polar surface area (TPSA) is 71.2 Å². The van der Waals surface area contributed by atoms with Gasteiger partial charge in [-0.25, -0.2) is 14.4 Å². The van der Waals surface area contributed by atoms with Crippen molar-refractivity contribution in [1.82, 2.24) is 19.4 Å². The third kappa shape index (κ3) is 5.75. The highest BCUT2D eigenvalue weighted by Crippen LogP contribution is 2.39. The van der Waals surface area contributed by atoms with Crippen LogP contribution in [0.15, 0.2) is 91.0 Å². The maximum atomic E-state index is 16.3. The van der Waals surface area contributed by atoms with Crippen LogP contribution in [-0.2, 0) is 0 Å². The molecule has 2 aromatic heterocycles. The van der Waals surface area contributed by atoms with Gasteiger partial charge in [-0.15, -0.1) is 0 Å². The molecule has 6 nitrogen and oxygen atoms in total. The number of likely N-dealkylation sites (tertiary alicyclic amines) is 1. The number of imidazole rings is 1. The summed E-state index contributed by atoms with van der Waals surface area (Å²) in [7, 11) is 0. The fourth-order valence-electron chi connectivity index (χ4n) is 7.44. The smallest absolute Gasteiger partial charge is 0.253 e. The van der Waals surface area contributed by atoms with Crippen LogP contribution in [0, 0.1) is 5.82 Å². The van der Waals surface area contributed by atoms with Gasteiger partial charge in [-0.05, 0) is 79.3 Å². The molecule has 0 radical (unpaired) electrons. The predicted molar refractivity (Wildman–Crippen MR) is 190 cm³/mol. The summed E-state index contributed by atoms with van der Waals surface area (Å²) in [4.78, 5) is 25.1. The highest BCUT2D eigenvalue weighted by Gasteiger charge is 2.27. The quantitative estimate of drug-likeness (QED) is 0.200. The number of benzene rings is 4. The van der Waals surface area contributed by atoms with E-state index in [0.29, 0.717) is 58.9 Å². The van der Waals surface area contributed by atoms with Gasteiger partial charge >= 0.3 is 0 Å². The number of fused-ring (bicyclic) bond motifs is 2. The molecule has 8 heteroatoms. The van der Waals surface area contributed by atoms with E-state index in [-0.39, 0.29) is 23.9 Å². The largest absolute Gasteiger partial charge is 0.393 e. The van der Waals surface area contributed by atoms with Crippen LogP contribution in [0.5, 0.6) is 0 Å². The van der Waals surface area contributed by atoms with Crippen molar-refractivity contribution in [2.45, 2.75) is 57.1 Å². The van der Waals surface area contributed by atoms with Crippen LogP contribution in [0.4, 0.5) is 4.39 Å². The highest BCUT2D eigenvalue weighted by atomic mass is 35.5. The molecule has 8 rings (SSSR count). The van der Waals surface area contributed by atoms with Crippen molar-refractivity contribution >= 4 is 39.4 Å². The number of rotatable bonds is 5. The Bertz CT molecular complexity index is 2150. The second-order valence-electron chi connectivity index (χ2n) is 13.1. The Morgan fingerprint density at radius 3 is 2.29 bits per heavy atom. The number of hydrogen-bond acceptors (Lipinski definition) is 4. The third-order valence-corrected chi connectivity index (χ3v) is 10.3. The third-order valence-electron chi connectivity index (χ3n) is 10.0. The molecule has 6 aromatic rings. The van der Waals surface area contributed by atoms with Crippen molar-refractivity contribution in [2.24, 2.45) is 0 Å². The van der Waals surface area contributed by atoms with Crippen LogP contribution in [-0.4, -0.2) is 49.6 Å². The zero-order valence-electron chi connectivity index (χ0n) is 26.6. The highest BCUT2D eigenvalue weighted by molar-refractivity contribution is 6.30. The van der Waals surface area contributed by atoms with Crippen molar-refractivity contribution in [2.75, 3.05) is 13.1 Å². The summed E-state index contributed by atoms with van der Waals surface area (Å²) in [5.41, 5.74) is 6.92. The van der Waals surface area contributed by atoms with E-state index >= 15 is 4.39 Å². The van der Waals surface area contributed by atoms with E-state index in [0.717, 1.165) is 59.0 Å². The first-order valence-corrected chi connectivity index (χ1v) is 17.3. The molecule has 1 saturated heterocycles. The predicted octanol–water partition coefficient (Wildman–Crippen LogP) is 9.48. The molecule has 0 spiro atoms. The summed E-state index contributed by atoms with van der Waals surface area (Å²) in [6, 6.07) is 29.0. The average Bonchev–Trinajstić information content (AvgIpc) is 3.50. The molecule has 48 heavy (non-hydrogen) atoms. The number of aliphatic hydroxyl groups excluding tert-OH is 1. The van der Waals surface area contributed by atoms with Gasteiger partial charge in [0.25, 0.3) is 5.91 Å². The standard InChI is InChI=1S/C40H36ClFN4O2/c41-28-14-10-25(11-15-28)31-8-4-5-9-32(31)35-16-12-26-22-33(34(42)24-36(26)43-35)39-44-37-23-27(40(48)45-20-18-30(47)19-21-45)13-17-38(37)46(39)29-6-2-1-3-7-29/h4-5,8-17,22-24,29-30,47H,1-3,6-7,18-21H2. The van der Waals surface area contributed by atoms with Gasteiger partial charge in [0.1, 0.15) is 11.6 Å². The molecule has 0 unspecified atom stereocenters. The van der Waals surface area contributed by atoms with E-state index in [1.54, 1.807) is 4.90 Å². The Labute approximate surface area is 283 Å². The Kier molecular flexibility index (Phi) is 8.19. The van der Waals surface area contributed by atoms with Crippen molar-refractivity contribution in [3.05, 3.63) is 107 Å². The monoisotopic (exact) mass is 658 g/mol. The summed E-state index contributed by atoms with van der Waals surface area (Å²) in [6.45, 7) is 1.06. The van der Waals surface area contributed by atoms with Gasteiger partial charge in [0.2, 0.25) is 0 Å². The van der Waals surface area contributed by atoms with E-state index in [1.807, 2.05) is 78.9 Å². The summed E-state index contributed by atoms with van der Waals surface area (Å²) >= 11 is 6.15. The fraction of sp³-hybridized carbons (Fsp3) is 0.275. The Morgan fingerprint density at radius 2 is 1.52 bits per heavy atom. The normalized spacial score (nSPS) is 16.2. The van der Waals surface area contributed by atoms with E-state index in [2.05, 4.69) is 10.6 Å². The first-order chi connectivity index (χ1) is 23.4. The summed E-state index contributed by atoms with van der Waals surface area (Å²) in [5, 5.41) is 11.4. The van der Waals surface area contributed by atoms with Gasteiger partial charge in [0.15, 0.2) is 0 Å². The maximum Gasteiger partial charge on any atom is 0.253 e. The van der Waals surface area contributed by atoms with Crippen LogP contribution >= 0.6 is 11.6 Å². The fourth-order valence-corrected chi connectivity index (χ4v) is 7.56. The first-order valence-electron chi connectivity index (χ1n) is 16.9. The van der Waals surface area contributed by atoms with Crippen molar-refractivity contribution in [3.63, 3.8) is 0 Å². The van der Waals surface area contributed by atoms with E-state index in [1.165, 1.54) is 12.5 Å². The molecule has 1 aliphatic heterocycles. The average molecular weight is 659 g/mol. The summed E-state index contributed by atoms with van der Waals surface area (Å²) in [6.07, 6.45) is 6.25. The van der Waals surface area contributed by atoms with Crippen molar-refractivity contribution < 1.29 is 14.3 Å². The molecule has 2 fully saturated rings. The number of carbonyl (C=O) groups is 1. The van der Waals surface area contributed by atoms with Crippen molar-refractivity contribution in [3.8, 4) is 33.8 Å². The lowest BCUT2D eigenvalue weighted by Crippen LogP contribution is -2.40. The molecule has 1 aliphatic carbocycles. The molecule has 2 aliphatic rings. The van der Waals surface area contributed by atoms with Gasteiger partial charge in [-0.2, -0.15) is 0 Å². The number of amides is 1. The minimum Gasteiger partial charge on any atom is -0.393 e. The van der Waals surface area contributed by atoms with Crippen LogP contribution in [0.25, 0.3) is 55.7 Å². The Balaban J connectivity index is 1.20. The Hall–Kier alpha value is -4.59. The molecule has 3 heterocycles. The SMILES string of the molecule is O=C(c1ccc2c(c1)nc(-c1cc3ccc(-c4ccccc4-c4ccc(Cl)cc4)nc3cc1F)n2C1CCCCC1)N1CCC(O)CC1. The van der Waals surface area contributed by atoms with Crippen LogP contribution < -0.4 is 0 Å². The second-order valence-corrected chi connectivity index (χ2v) is 13.5. The molecular weight excluding hydrogens is 623 g/mol. The Morgan fingerprint density at radius 1 is 0.771 bits per heavy atom. The van der Waals surface area contributed by atoms with Gasteiger partial charge in [-0.1, -0.05) is 73.3 Å². The lowest BCUT2D eigenvalue weighted by atomic mass is 9.94. The number of halogens is 2. The molecule has 4 aromatic carbocycles. The van der Waals surface area contributed by atoms with Crippen LogP contribution in [0.1, 0.15) is 61.3 Å².